The third-order valence-electron chi connectivity index (χ3n) is 3.76. The summed E-state index contributed by atoms with van der Waals surface area (Å²) in [6.45, 7) is 4.35. The third-order valence-corrected chi connectivity index (χ3v) is 4.98. The van der Waals surface area contributed by atoms with Crippen molar-refractivity contribution in [2.24, 2.45) is 7.05 Å². The van der Waals surface area contributed by atoms with Crippen molar-refractivity contribution in [3.63, 3.8) is 0 Å². The Morgan fingerprint density at radius 2 is 2.10 bits per heavy atom. The summed E-state index contributed by atoms with van der Waals surface area (Å²) in [6, 6.07) is 0.564. The minimum atomic E-state index is 0.151. The zero-order valence-corrected chi connectivity index (χ0v) is 13.2. The summed E-state index contributed by atoms with van der Waals surface area (Å²) in [5.74, 6) is 0. The van der Waals surface area contributed by atoms with Gasteiger partial charge in [0.2, 0.25) is 0 Å². The first-order valence-electron chi connectivity index (χ1n) is 7.36. The Morgan fingerprint density at radius 1 is 1.30 bits per heavy atom. The number of fused-ring (bicyclic) bond motifs is 1. The monoisotopic (exact) mass is 290 g/mol. The lowest BCUT2D eigenvalue weighted by atomic mass is 10.0. The predicted octanol–water partition coefficient (Wildman–Crippen LogP) is 2.84. The fourth-order valence-corrected chi connectivity index (χ4v) is 3.98. The van der Waals surface area contributed by atoms with E-state index in [0.29, 0.717) is 6.04 Å². The molecule has 1 N–H and O–H groups in total. The van der Waals surface area contributed by atoms with Gasteiger partial charge in [-0.1, -0.05) is 0 Å². The highest BCUT2D eigenvalue weighted by atomic mass is 32.1. The normalized spacial score (nSPS) is 16.4. The van der Waals surface area contributed by atoms with Crippen LogP contribution in [0.1, 0.15) is 54.0 Å². The molecule has 0 spiro atoms. The van der Waals surface area contributed by atoms with Gasteiger partial charge in [0.1, 0.15) is 11.0 Å². The summed E-state index contributed by atoms with van der Waals surface area (Å²) in [7, 11) is 2.05. The van der Waals surface area contributed by atoms with Crippen LogP contribution < -0.4 is 5.32 Å². The van der Waals surface area contributed by atoms with Crippen LogP contribution >= 0.6 is 11.3 Å². The lowest BCUT2D eigenvalue weighted by molar-refractivity contribution is 0.507. The number of hydrogen-bond donors (Lipinski definition) is 1. The molecule has 5 heteroatoms. The van der Waals surface area contributed by atoms with E-state index < -0.39 is 0 Å². The van der Waals surface area contributed by atoms with Crippen LogP contribution in [0, 0.1) is 0 Å². The summed E-state index contributed by atoms with van der Waals surface area (Å²) < 4.78 is 2.08. The van der Waals surface area contributed by atoms with Gasteiger partial charge in [-0.05, 0) is 39.5 Å². The van der Waals surface area contributed by atoms with Crippen LogP contribution in [-0.2, 0) is 19.9 Å². The van der Waals surface area contributed by atoms with Gasteiger partial charge in [0.15, 0.2) is 0 Å². The Hall–Kier alpha value is -1.20. The maximum absolute atomic E-state index is 4.92. The predicted molar refractivity (Wildman–Crippen MR) is 82.1 cm³/mol. The van der Waals surface area contributed by atoms with Crippen LogP contribution in [0.4, 0.5) is 0 Å². The van der Waals surface area contributed by atoms with Gasteiger partial charge >= 0.3 is 0 Å². The number of thiazole rings is 1. The minimum Gasteiger partial charge on any atom is -0.336 e. The molecule has 0 saturated heterocycles. The van der Waals surface area contributed by atoms with Crippen molar-refractivity contribution in [3.8, 4) is 0 Å². The molecule has 2 aromatic heterocycles. The summed E-state index contributed by atoms with van der Waals surface area (Å²) in [6.07, 6.45) is 8.74. The van der Waals surface area contributed by atoms with E-state index >= 15 is 0 Å². The summed E-state index contributed by atoms with van der Waals surface area (Å²) in [5, 5.41) is 4.82. The van der Waals surface area contributed by atoms with E-state index in [4.69, 9.17) is 4.98 Å². The number of hydrogen-bond acceptors (Lipinski definition) is 4. The molecule has 1 atom stereocenters. The van der Waals surface area contributed by atoms with Crippen LogP contribution in [0.5, 0.6) is 0 Å². The average molecular weight is 290 g/mol. The van der Waals surface area contributed by atoms with Gasteiger partial charge in [0, 0.05) is 18.0 Å². The molecule has 1 aliphatic carbocycles. The van der Waals surface area contributed by atoms with Crippen molar-refractivity contribution in [2.75, 3.05) is 0 Å². The molecule has 0 fully saturated rings. The van der Waals surface area contributed by atoms with Crippen LogP contribution in [-0.4, -0.2) is 20.6 Å². The zero-order chi connectivity index (χ0) is 14.1. The molecule has 2 aromatic rings. The fraction of sp³-hybridized carbons (Fsp3) is 0.600. The van der Waals surface area contributed by atoms with Gasteiger partial charge in [0.25, 0.3) is 0 Å². The topological polar surface area (TPSA) is 42.7 Å². The Balaban J connectivity index is 1.96. The number of imidazole rings is 1. The first-order chi connectivity index (χ1) is 9.65. The first kappa shape index (κ1) is 13.8. The molecule has 108 valence electrons. The van der Waals surface area contributed by atoms with Crippen LogP contribution in [0.2, 0.25) is 0 Å². The molecule has 4 nitrogen and oxygen atoms in total. The Bertz CT molecular complexity index is 561. The quantitative estimate of drug-likeness (QED) is 0.941. The van der Waals surface area contributed by atoms with Gasteiger partial charge < -0.3 is 9.88 Å². The van der Waals surface area contributed by atoms with E-state index in [9.17, 15) is 0 Å². The molecule has 0 aliphatic heterocycles. The number of aromatic nitrogens is 3. The lowest BCUT2D eigenvalue weighted by Crippen LogP contribution is -2.30. The van der Waals surface area contributed by atoms with E-state index in [-0.39, 0.29) is 6.04 Å². The molecular formula is C15H22N4S. The van der Waals surface area contributed by atoms with Crippen LogP contribution in [0.3, 0.4) is 0 Å². The molecular weight excluding hydrogens is 268 g/mol. The highest BCUT2D eigenvalue weighted by Crippen LogP contribution is 2.32. The maximum atomic E-state index is 4.92. The molecule has 2 heterocycles. The zero-order valence-electron chi connectivity index (χ0n) is 12.4. The molecule has 3 rings (SSSR count). The second kappa shape index (κ2) is 5.66. The van der Waals surface area contributed by atoms with Crippen molar-refractivity contribution < 1.29 is 0 Å². The largest absolute Gasteiger partial charge is 0.336 e. The minimum absolute atomic E-state index is 0.151. The number of nitrogens with one attached hydrogen (secondary N) is 1. The third kappa shape index (κ3) is 2.65. The molecule has 1 aliphatic rings. The van der Waals surface area contributed by atoms with Gasteiger partial charge in [-0.2, -0.15) is 0 Å². The molecule has 0 aromatic carbocycles. The Kier molecular flexibility index (Phi) is 3.89. The summed E-state index contributed by atoms with van der Waals surface area (Å²) >= 11 is 1.88. The second-order valence-electron chi connectivity index (χ2n) is 5.81. The van der Waals surface area contributed by atoms with Gasteiger partial charge in [0.05, 0.1) is 23.9 Å². The molecule has 0 amide bonds. The van der Waals surface area contributed by atoms with Gasteiger partial charge in [-0.3, -0.25) is 0 Å². The van der Waals surface area contributed by atoms with Gasteiger partial charge in [-0.15, -0.1) is 11.3 Å². The number of rotatable bonds is 4. The number of nitrogens with zero attached hydrogens (tertiary/aromatic N) is 3. The summed E-state index contributed by atoms with van der Waals surface area (Å²) in [4.78, 5) is 10.7. The average Bonchev–Trinajstić information content (AvgIpc) is 3.01. The van der Waals surface area contributed by atoms with Crippen molar-refractivity contribution in [3.05, 3.63) is 33.8 Å². The standard InChI is InChI=1S/C15H22N4S/c1-10(2)17-14(12-8-16-9-19(12)3)15-18-11-6-4-5-7-13(11)20-15/h8-10,14,17H,4-7H2,1-3H3. The van der Waals surface area contributed by atoms with E-state index in [1.54, 1.807) is 0 Å². The number of aryl methyl sites for hydroxylation is 3. The van der Waals surface area contributed by atoms with Crippen molar-refractivity contribution in [1.29, 1.82) is 0 Å². The second-order valence-corrected chi connectivity index (χ2v) is 6.93. The van der Waals surface area contributed by atoms with Crippen LogP contribution in [0.25, 0.3) is 0 Å². The van der Waals surface area contributed by atoms with Crippen molar-refractivity contribution in [1.82, 2.24) is 19.9 Å². The molecule has 0 radical (unpaired) electrons. The Labute approximate surface area is 124 Å². The summed E-state index contributed by atoms with van der Waals surface area (Å²) in [5.41, 5.74) is 2.51. The highest BCUT2D eigenvalue weighted by molar-refractivity contribution is 7.11. The molecule has 20 heavy (non-hydrogen) atoms. The van der Waals surface area contributed by atoms with E-state index in [0.717, 1.165) is 6.42 Å². The van der Waals surface area contributed by atoms with E-state index in [1.165, 1.54) is 40.5 Å². The highest BCUT2D eigenvalue weighted by Gasteiger charge is 2.24. The molecule has 0 saturated carbocycles. The smallest absolute Gasteiger partial charge is 0.116 e. The van der Waals surface area contributed by atoms with Crippen molar-refractivity contribution in [2.45, 2.75) is 51.6 Å². The Morgan fingerprint density at radius 3 is 2.75 bits per heavy atom. The first-order valence-corrected chi connectivity index (χ1v) is 8.17. The van der Waals surface area contributed by atoms with E-state index in [1.807, 2.05) is 30.9 Å². The SMILES string of the molecule is CC(C)NC(c1nc2c(s1)CCCC2)c1cncn1C. The van der Waals surface area contributed by atoms with E-state index in [2.05, 4.69) is 28.7 Å². The van der Waals surface area contributed by atoms with Gasteiger partial charge in [-0.25, -0.2) is 9.97 Å². The molecule has 0 bridgehead atoms. The lowest BCUT2D eigenvalue weighted by Gasteiger charge is -2.19. The maximum Gasteiger partial charge on any atom is 0.116 e. The molecule has 1 unspecified atom stereocenters. The fourth-order valence-electron chi connectivity index (χ4n) is 2.76. The van der Waals surface area contributed by atoms with Crippen LogP contribution in [0.15, 0.2) is 12.5 Å². The van der Waals surface area contributed by atoms with Crippen molar-refractivity contribution >= 4 is 11.3 Å².